The van der Waals surface area contributed by atoms with E-state index in [-0.39, 0.29) is 0 Å². The van der Waals surface area contributed by atoms with Crippen molar-refractivity contribution < 1.29 is 0 Å². The Morgan fingerprint density at radius 3 is 1.69 bits per heavy atom. The standard InChI is InChI=1S/C53H34N2/c1-2-13-34(14-3-1)35-25-27-37(28-26-35)44-32-39(33-46-40-18-6-5-16-38(40)31-45(44)46)54-48-22-10-8-20-42(48)52-50(54)29-30-51-53(52)43-21-9-11-23-49(43)55(51)47-24-12-17-36-15-4-7-19-41(36)47/h1-30,32-33H,31H2. The third-order valence-corrected chi connectivity index (χ3v) is 11.9. The average Bonchev–Trinajstić information content (AvgIpc) is 3.91. The van der Waals surface area contributed by atoms with Crippen LogP contribution in [-0.4, -0.2) is 9.13 Å². The van der Waals surface area contributed by atoms with Crippen molar-refractivity contribution >= 4 is 54.4 Å². The molecule has 2 heteroatoms. The maximum atomic E-state index is 2.51. The molecule has 0 aliphatic heterocycles. The Labute approximate surface area is 318 Å². The number of aromatic nitrogens is 2. The Kier molecular flexibility index (Phi) is 6.43. The van der Waals surface area contributed by atoms with E-state index in [0.717, 1.165) is 6.42 Å². The first-order valence-corrected chi connectivity index (χ1v) is 19.1. The highest BCUT2D eigenvalue weighted by Crippen LogP contribution is 2.47. The Hall–Kier alpha value is -7.16. The second-order valence-corrected chi connectivity index (χ2v) is 14.9. The zero-order chi connectivity index (χ0) is 36.0. The van der Waals surface area contributed by atoms with E-state index in [4.69, 9.17) is 0 Å². The SMILES string of the molecule is c1ccc(-c2ccc(-c3cc(-n4c5ccccc5c5c6c7ccccc7n(-c7cccc8ccccc78)c6ccc54)cc4c3Cc3ccccc3-4)cc2)cc1. The van der Waals surface area contributed by atoms with Crippen LogP contribution >= 0.6 is 0 Å². The number of rotatable bonds is 4. The van der Waals surface area contributed by atoms with Crippen LogP contribution in [-0.2, 0) is 6.42 Å². The van der Waals surface area contributed by atoms with Gasteiger partial charge in [-0.3, -0.25) is 0 Å². The molecule has 1 aliphatic carbocycles. The van der Waals surface area contributed by atoms with Crippen LogP contribution in [0.25, 0.3) is 99.1 Å². The molecule has 0 bridgehead atoms. The van der Waals surface area contributed by atoms with Gasteiger partial charge in [0.2, 0.25) is 0 Å². The largest absolute Gasteiger partial charge is 0.309 e. The summed E-state index contributed by atoms with van der Waals surface area (Å²) in [6.07, 6.45) is 0.934. The minimum absolute atomic E-state index is 0.934. The molecule has 2 heterocycles. The van der Waals surface area contributed by atoms with Gasteiger partial charge in [0.25, 0.3) is 0 Å². The number of benzene rings is 9. The Balaban J connectivity index is 1.15. The van der Waals surface area contributed by atoms with Crippen LogP contribution < -0.4 is 0 Å². The van der Waals surface area contributed by atoms with Crippen LogP contribution in [0.1, 0.15) is 11.1 Å². The van der Waals surface area contributed by atoms with Gasteiger partial charge in [0.1, 0.15) is 0 Å². The van der Waals surface area contributed by atoms with Crippen molar-refractivity contribution in [2.24, 2.45) is 0 Å². The summed E-state index contributed by atoms with van der Waals surface area (Å²) < 4.78 is 4.99. The van der Waals surface area contributed by atoms with Gasteiger partial charge < -0.3 is 9.13 Å². The number of hydrogen-bond donors (Lipinski definition) is 0. The summed E-state index contributed by atoms with van der Waals surface area (Å²) in [5, 5.41) is 7.60. The lowest BCUT2D eigenvalue weighted by Gasteiger charge is -2.16. The molecule has 0 unspecified atom stereocenters. The van der Waals surface area contributed by atoms with Crippen molar-refractivity contribution in [2.45, 2.75) is 6.42 Å². The van der Waals surface area contributed by atoms with E-state index in [1.807, 2.05) is 0 Å². The summed E-state index contributed by atoms with van der Waals surface area (Å²) in [6.45, 7) is 0. The Morgan fingerprint density at radius 1 is 0.345 bits per heavy atom. The monoisotopic (exact) mass is 698 g/mol. The number of hydrogen-bond acceptors (Lipinski definition) is 0. The maximum absolute atomic E-state index is 2.51. The molecular formula is C53H34N2. The highest BCUT2D eigenvalue weighted by atomic mass is 15.0. The van der Waals surface area contributed by atoms with E-state index < -0.39 is 0 Å². The van der Waals surface area contributed by atoms with E-state index in [1.54, 1.807) is 0 Å². The third kappa shape index (κ3) is 4.43. The molecule has 256 valence electrons. The highest BCUT2D eigenvalue weighted by Gasteiger charge is 2.26. The minimum Gasteiger partial charge on any atom is -0.309 e. The quantitative estimate of drug-likeness (QED) is 0.173. The number of para-hydroxylation sites is 2. The van der Waals surface area contributed by atoms with Crippen LogP contribution in [0, 0.1) is 0 Å². The minimum atomic E-state index is 0.934. The number of nitrogens with zero attached hydrogens (tertiary/aromatic N) is 2. The first kappa shape index (κ1) is 30.3. The van der Waals surface area contributed by atoms with Gasteiger partial charge >= 0.3 is 0 Å². The summed E-state index contributed by atoms with van der Waals surface area (Å²) in [7, 11) is 0. The summed E-state index contributed by atoms with van der Waals surface area (Å²) in [5.41, 5.74) is 17.7. The lowest BCUT2D eigenvalue weighted by atomic mass is 9.93. The average molecular weight is 699 g/mol. The Morgan fingerprint density at radius 2 is 0.909 bits per heavy atom. The maximum Gasteiger partial charge on any atom is 0.0549 e. The van der Waals surface area contributed by atoms with Gasteiger partial charge in [0, 0.05) is 32.6 Å². The van der Waals surface area contributed by atoms with Crippen LogP contribution in [0.5, 0.6) is 0 Å². The predicted molar refractivity (Wildman–Crippen MR) is 232 cm³/mol. The molecule has 11 aromatic rings. The molecule has 0 saturated heterocycles. The summed E-state index contributed by atoms with van der Waals surface area (Å²) >= 11 is 0. The molecule has 0 N–H and O–H groups in total. The van der Waals surface area contributed by atoms with Crippen molar-refractivity contribution in [1.29, 1.82) is 0 Å². The molecule has 55 heavy (non-hydrogen) atoms. The number of fused-ring (bicyclic) bond motifs is 11. The van der Waals surface area contributed by atoms with E-state index in [9.17, 15) is 0 Å². The second-order valence-electron chi connectivity index (χ2n) is 14.9. The summed E-state index contributed by atoms with van der Waals surface area (Å²) in [4.78, 5) is 0. The zero-order valence-electron chi connectivity index (χ0n) is 30.1. The Bertz CT molecular complexity index is 3320. The smallest absolute Gasteiger partial charge is 0.0549 e. The lowest BCUT2D eigenvalue weighted by Crippen LogP contribution is -1.98. The van der Waals surface area contributed by atoms with Gasteiger partial charge in [-0.15, -0.1) is 0 Å². The fourth-order valence-electron chi connectivity index (χ4n) is 9.53. The van der Waals surface area contributed by atoms with E-state index >= 15 is 0 Å². The molecule has 0 saturated carbocycles. The van der Waals surface area contributed by atoms with Gasteiger partial charge in [-0.25, -0.2) is 0 Å². The molecule has 0 amide bonds. The molecule has 1 aliphatic rings. The summed E-state index contributed by atoms with van der Waals surface area (Å²) in [5.74, 6) is 0. The fraction of sp³-hybridized carbons (Fsp3) is 0.0189. The highest BCUT2D eigenvalue weighted by molar-refractivity contribution is 6.29. The first-order valence-electron chi connectivity index (χ1n) is 19.1. The normalized spacial score (nSPS) is 12.3. The van der Waals surface area contributed by atoms with Crippen LogP contribution in [0.15, 0.2) is 194 Å². The molecule has 9 aromatic carbocycles. The van der Waals surface area contributed by atoms with E-state index in [1.165, 1.54) is 110 Å². The lowest BCUT2D eigenvalue weighted by molar-refractivity contribution is 1.17. The van der Waals surface area contributed by atoms with Crippen LogP contribution in [0.2, 0.25) is 0 Å². The van der Waals surface area contributed by atoms with Crippen molar-refractivity contribution in [3.05, 3.63) is 205 Å². The predicted octanol–water partition coefficient (Wildman–Crippen LogP) is 13.9. The molecule has 2 nitrogen and oxygen atoms in total. The van der Waals surface area contributed by atoms with Gasteiger partial charge in [0.15, 0.2) is 0 Å². The first-order chi connectivity index (χ1) is 27.3. The molecule has 0 atom stereocenters. The van der Waals surface area contributed by atoms with Crippen molar-refractivity contribution in [2.75, 3.05) is 0 Å². The van der Waals surface area contributed by atoms with Gasteiger partial charge in [0.05, 0.1) is 27.8 Å². The zero-order valence-corrected chi connectivity index (χ0v) is 30.1. The molecule has 12 rings (SSSR count). The van der Waals surface area contributed by atoms with Crippen molar-refractivity contribution in [3.8, 4) is 44.8 Å². The molecule has 0 fully saturated rings. The molecule has 0 spiro atoms. The molecule has 2 aromatic heterocycles. The van der Waals surface area contributed by atoms with Crippen LogP contribution in [0.4, 0.5) is 0 Å². The van der Waals surface area contributed by atoms with Crippen LogP contribution in [0.3, 0.4) is 0 Å². The van der Waals surface area contributed by atoms with Gasteiger partial charge in [-0.05, 0) is 98.8 Å². The van der Waals surface area contributed by atoms with Crippen molar-refractivity contribution in [3.63, 3.8) is 0 Å². The second kappa shape index (κ2) is 11.7. The van der Waals surface area contributed by atoms with E-state index in [0.29, 0.717) is 0 Å². The van der Waals surface area contributed by atoms with Gasteiger partial charge in [-0.1, -0.05) is 152 Å². The third-order valence-electron chi connectivity index (χ3n) is 11.9. The van der Waals surface area contributed by atoms with E-state index in [2.05, 4.69) is 203 Å². The molecular weight excluding hydrogens is 665 g/mol. The topological polar surface area (TPSA) is 9.86 Å². The fourth-order valence-corrected chi connectivity index (χ4v) is 9.53. The van der Waals surface area contributed by atoms with Gasteiger partial charge in [-0.2, -0.15) is 0 Å². The van der Waals surface area contributed by atoms with Crippen molar-refractivity contribution in [1.82, 2.24) is 9.13 Å². The summed E-state index contributed by atoms with van der Waals surface area (Å²) in [6, 6.07) is 71.6. The molecule has 0 radical (unpaired) electrons.